The molecule has 0 spiro atoms. The molecule has 170 valence electrons. The Balaban J connectivity index is 1.73. The van der Waals surface area contributed by atoms with Gasteiger partial charge in [0.05, 0.1) is 35.6 Å². The minimum atomic E-state index is -3.36. The summed E-state index contributed by atoms with van der Waals surface area (Å²) in [5, 5.41) is 1.05. The van der Waals surface area contributed by atoms with Crippen LogP contribution in [0, 0.1) is 5.92 Å². The monoisotopic (exact) mass is 493 g/mol. The minimum Gasteiger partial charge on any atom is -0.494 e. The quantitative estimate of drug-likeness (QED) is 0.515. The molecule has 1 aliphatic rings. The number of carbonyl (C=O) groups excluding carboxylic acids is 1. The Morgan fingerprint density at radius 3 is 2.72 bits per heavy atom. The van der Waals surface area contributed by atoms with Gasteiger partial charge in [0.25, 0.3) is 0 Å². The molecule has 0 aliphatic carbocycles. The molecule has 0 radical (unpaired) electrons. The second-order valence-electron chi connectivity index (χ2n) is 7.79. The van der Waals surface area contributed by atoms with Crippen molar-refractivity contribution in [3.8, 4) is 5.75 Å². The van der Waals surface area contributed by atoms with Crippen LogP contribution in [0.4, 0.5) is 5.13 Å². The third-order valence-corrected chi connectivity index (χ3v) is 8.36. The first-order valence-electron chi connectivity index (χ1n) is 10.2. The van der Waals surface area contributed by atoms with Crippen LogP contribution in [0.15, 0.2) is 42.5 Å². The largest absolute Gasteiger partial charge is 0.494 e. The van der Waals surface area contributed by atoms with Crippen LogP contribution in [0.1, 0.15) is 18.4 Å². The van der Waals surface area contributed by atoms with Crippen molar-refractivity contribution >= 4 is 54.2 Å². The standard InChI is InChI=1S/C22H24ClN3O4S2/c1-30-18-11-10-17(23)20-19(18)24-22(31-20)26(13-15-7-4-3-5-8-15)21(27)16-9-6-12-25(14-16)32(2,28)29/h3-5,7-8,10-11,16H,6,9,12-14H2,1-2H3. The summed E-state index contributed by atoms with van der Waals surface area (Å²) in [5.41, 5.74) is 1.56. The average Bonchev–Trinajstić information content (AvgIpc) is 3.24. The van der Waals surface area contributed by atoms with Crippen LogP contribution in [0.5, 0.6) is 5.75 Å². The summed E-state index contributed by atoms with van der Waals surface area (Å²) in [6, 6.07) is 13.2. The zero-order chi connectivity index (χ0) is 22.9. The Labute approximate surface area is 196 Å². The van der Waals surface area contributed by atoms with Crippen LogP contribution in [0.3, 0.4) is 0 Å². The van der Waals surface area contributed by atoms with Crippen LogP contribution in [0.2, 0.25) is 5.02 Å². The predicted octanol–water partition coefficient (Wildman–Crippen LogP) is 4.16. The summed E-state index contributed by atoms with van der Waals surface area (Å²) >= 11 is 7.73. The maximum Gasteiger partial charge on any atom is 0.233 e. The van der Waals surface area contributed by atoms with E-state index in [0.717, 1.165) is 10.3 Å². The lowest BCUT2D eigenvalue weighted by atomic mass is 9.98. The highest BCUT2D eigenvalue weighted by molar-refractivity contribution is 7.88. The van der Waals surface area contributed by atoms with Gasteiger partial charge in [-0.15, -0.1) is 0 Å². The maximum absolute atomic E-state index is 13.7. The fourth-order valence-electron chi connectivity index (χ4n) is 3.89. The minimum absolute atomic E-state index is 0.142. The molecule has 1 saturated heterocycles. The summed E-state index contributed by atoms with van der Waals surface area (Å²) in [7, 11) is -1.80. The normalized spacial score (nSPS) is 17.4. The molecule has 0 bridgehead atoms. The molecule has 0 saturated carbocycles. The van der Waals surface area contributed by atoms with E-state index >= 15 is 0 Å². The van der Waals surface area contributed by atoms with Crippen LogP contribution in [-0.2, 0) is 21.4 Å². The van der Waals surface area contributed by atoms with E-state index in [1.807, 2.05) is 30.3 Å². The molecule has 1 unspecified atom stereocenters. The van der Waals surface area contributed by atoms with E-state index in [0.29, 0.717) is 47.4 Å². The van der Waals surface area contributed by atoms with E-state index in [4.69, 9.17) is 21.3 Å². The zero-order valence-corrected chi connectivity index (χ0v) is 20.2. The molecule has 1 atom stereocenters. The van der Waals surface area contributed by atoms with Crippen molar-refractivity contribution in [3.05, 3.63) is 53.1 Å². The van der Waals surface area contributed by atoms with Gasteiger partial charge in [-0.2, -0.15) is 0 Å². The van der Waals surface area contributed by atoms with Crippen molar-refractivity contribution in [2.75, 3.05) is 31.4 Å². The lowest BCUT2D eigenvalue weighted by Gasteiger charge is -2.33. The smallest absolute Gasteiger partial charge is 0.233 e. The average molecular weight is 494 g/mol. The number of methoxy groups -OCH3 is 1. The third-order valence-electron chi connectivity index (χ3n) is 5.55. The summed E-state index contributed by atoms with van der Waals surface area (Å²) in [6.45, 7) is 0.946. The first kappa shape index (κ1) is 23.0. The maximum atomic E-state index is 13.7. The van der Waals surface area contributed by atoms with Crippen molar-refractivity contribution < 1.29 is 17.9 Å². The van der Waals surface area contributed by atoms with Gasteiger partial charge in [0.1, 0.15) is 11.3 Å². The number of thiazole rings is 1. The van der Waals surface area contributed by atoms with Gasteiger partial charge >= 0.3 is 0 Å². The van der Waals surface area contributed by atoms with Crippen LogP contribution in [0.25, 0.3) is 10.2 Å². The molecule has 1 aromatic heterocycles. The van der Waals surface area contributed by atoms with Crippen LogP contribution < -0.4 is 9.64 Å². The molecule has 1 aliphatic heterocycles. The molecule has 2 heterocycles. The Morgan fingerprint density at radius 2 is 2.03 bits per heavy atom. The molecule has 10 heteroatoms. The molecule has 4 rings (SSSR count). The number of nitrogens with zero attached hydrogens (tertiary/aromatic N) is 3. The Kier molecular flexibility index (Phi) is 6.71. The second-order valence-corrected chi connectivity index (χ2v) is 11.2. The van der Waals surface area contributed by atoms with Gasteiger partial charge in [-0.1, -0.05) is 53.3 Å². The number of carbonyl (C=O) groups is 1. The highest BCUT2D eigenvalue weighted by atomic mass is 35.5. The highest BCUT2D eigenvalue weighted by Crippen LogP contribution is 2.39. The van der Waals surface area contributed by atoms with Gasteiger partial charge < -0.3 is 4.74 Å². The molecule has 2 aromatic carbocycles. The van der Waals surface area contributed by atoms with Gasteiger partial charge in [-0.05, 0) is 30.5 Å². The number of rotatable bonds is 6. The van der Waals surface area contributed by atoms with Gasteiger partial charge in [0.15, 0.2) is 5.13 Å². The van der Waals surface area contributed by atoms with Crippen molar-refractivity contribution in [2.24, 2.45) is 5.92 Å². The third kappa shape index (κ3) is 4.76. The lowest BCUT2D eigenvalue weighted by molar-refractivity contribution is -0.123. The zero-order valence-electron chi connectivity index (χ0n) is 17.8. The van der Waals surface area contributed by atoms with E-state index in [1.165, 1.54) is 21.9 Å². The molecular formula is C22H24ClN3O4S2. The van der Waals surface area contributed by atoms with E-state index < -0.39 is 15.9 Å². The summed E-state index contributed by atoms with van der Waals surface area (Å²) < 4.78 is 31.7. The fourth-order valence-corrected chi connectivity index (χ4v) is 6.07. The van der Waals surface area contributed by atoms with Crippen LogP contribution in [-0.4, -0.2) is 50.1 Å². The number of benzene rings is 2. The van der Waals surface area contributed by atoms with Gasteiger partial charge in [0.2, 0.25) is 15.9 Å². The molecule has 3 aromatic rings. The molecule has 1 amide bonds. The van der Waals surface area contributed by atoms with Crippen molar-refractivity contribution in [2.45, 2.75) is 19.4 Å². The fraction of sp³-hybridized carbons (Fsp3) is 0.364. The van der Waals surface area contributed by atoms with Crippen LogP contribution >= 0.6 is 22.9 Å². The van der Waals surface area contributed by atoms with E-state index in [2.05, 4.69) is 0 Å². The molecule has 0 N–H and O–H groups in total. The van der Waals surface area contributed by atoms with Crippen molar-refractivity contribution in [3.63, 3.8) is 0 Å². The number of halogens is 1. The molecular weight excluding hydrogens is 470 g/mol. The first-order valence-corrected chi connectivity index (χ1v) is 13.3. The highest BCUT2D eigenvalue weighted by Gasteiger charge is 2.34. The Bertz CT molecular complexity index is 1230. The summed E-state index contributed by atoms with van der Waals surface area (Å²) in [4.78, 5) is 20.1. The number of aromatic nitrogens is 1. The number of fused-ring (bicyclic) bond motifs is 1. The number of piperidine rings is 1. The van der Waals surface area contributed by atoms with Gasteiger partial charge in [-0.3, -0.25) is 9.69 Å². The number of ether oxygens (including phenoxy) is 1. The predicted molar refractivity (Wildman–Crippen MR) is 128 cm³/mol. The molecule has 7 nitrogen and oxygen atoms in total. The van der Waals surface area contributed by atoms with Crippen molar-refractivity contribution in [1.82, 2.24) is 9.29 Å². The van der Waals surface area contributed by atoms with Gasteiger partial charge in [-0.25, -0.2) is 17.7 Å². The number of hydrogen-bond acceptors (Lipinski definition) is 6. The van der Waals surface area contributed by atoms with E-state index in [-0.39, 0.29) is 12.5 Å². The topological polar surface area (TPSA) is 79.8 Å². The molecule has 1 fully saturated rings. The SMILES string of the molecule is COc1ccc(Cl)c2sc(N(Cc3ccccc3)C(=O)C3CCCN(S(C)(=O)=O)C3)nc12. The van der Waals surface area contributed by atoms with E-state index in [1.54, 1.807) is 24.1 Å². The number of sulfonamides is 1. The Morgan fingerprint density at radius 1 is 1.28 bits per heavy atom. The second kappa shape index (κ2) is 9.35. The number of hydrogen-bond donors (Lipinski definition) is 0. The number of amides is 1. The van der Waals surface area contributed by atoms with E-state index in [9.17, 15) is 13.2 Å². The number of anilines is 1. The van der Waals surface area contributed by atoms with Gasteiger partial charge in [0, 0.05) is 13.1 Å². The first-order chi connectivity index (χ1) is 15.3. The summed E-state index contributed by atoms with van der Waals surface area (Å²) in [6.07, 6.45) is 2.46. The Hall–Kier alpha value is -2.20. The lowest BCUT2D eigenvalue weighted by Crippen LogP contribution is -2.46. The summed E-state index contributed by atoms with van der Waals surface area (Å²) in [5.74, 6) is 0.00263. The van der Waals surface area contributed by atoms with Crippen molar-refractivity contribution in [1.29, 1.82) is 0 Å². The molecule has 32 heavy (non-hydrogen) atoms.